The van der Waals surface area contributed by atoms with Crippen LogP contribution < -0.4 is 20.9 Å². The zero-order valence-electron chi connectivity index (χ0n) is 25.8. The molecule has 0 unspecified atom stereocenters. The molecule has 0 bridgehead atoms. The van der Waals surface area contributed by atoms with Gasteiger partial charge >= 0.3 is 6.09 Å². The van der Waals surface area contributed by atoms with Crippen molar-refractivity contribution in [3.8, 4) is 0 Å². The normalized spacial score (nSPS) is 17.6. The summed E-state index contributed by atoms with van der Waals surface area (Å²) in [7, 11) is 3.43. The molecular formula is C30H41N9O4. The number of imidazole rings is 1. The Morgan fingerprint density at radius 1 is 1.16 bits per heavy atom. The Kier molecular flexibility index (Phi) is 8.45. The van der Waals surface area contributed by atoms with Crippen LogP contribution in [0.4, 0.5) is 27.8 Å². The number of aromatic nitrogens is 3. The number of aliphatic imine (C=N–C) groups is 1. The first kappa shape index (κ1) is 30.1. The quantitative estimate of drug-likeness (QED) is 0.326. The van der Waals surface area contributed by atoms with E-state index in [-0.39, 0.29) is 18.0 Å². The molecule has 13 nitrogen and oxygen atoms in total. The molecule has 1 atom stereocenters. The third kappa shape index (κ3) is 6.51. The smallest absolute Gasteiger partial charge is 0.410 e. The number of nitrogens with one attached hydrogen (secondary N) is 1. The maximum Gasteiger partial charge on any atom is 0.410 e. The Morgan fingerprint density at radius 2 is 1.91 bits per heavy atom. The molecule has 0 saturated carbocycles. The molecule has 43 heavy (non-hydrogen) atoms. The molecule has 2 aliphatic heterocycles. The number of likely N-dealkylation sites (N-methyl/N-ethyl adjacent to an activating group) is 1. The van der Waals surface area contributed by atoms with E-state index in [1.807, 2.05) is 44.4 Å². The number of fused-ring (bicyclic) bond motifs is 1. The van der Waals surface area contributed by atoms with Crippen molar-refractivity contribution in [3.05, 3.63) is 41.3 Å². The number of hydrogen-bond acceptors (Lipinski definition) is 10. The van der Waals surface area contributed by atoms with Gasteiger partial charge in [-0.2, -0.15) is 0 Å². The lowest BCUT2D eigenvalue weighted by Crippen LogP contribution is -2.42. The average molecular weight is 592 g/mol. The van der Waals surface area contributed by atoms with Crippen LogP contribution in [0.2, 0.25) is 0 Å². The van der Waals surface area contributed by atoms with E-state index >= 15 is 0 Å². The van der Waals surface area contributed by atoms with Gasteiger partial charge in [0.2, 0.25) is 0 Å². The van der Waals surface area contributed by atoms with E-state index in [2.05, 4.69) is 25.1 Å². The second-order valence-electron chi connectivity index (χ2n) is 11.9. The lowest BCUT2D eigenvalue weighted by molar-refractivity contribution is 0.0237. The van der Waals surface area contributed by atoms with Crippen molar-refractivity contribution in [2.75, 3.05) is 74.3 Å². The van der Waals surface area contributed by atoms with Crippen LogP contribution in [0.25, 0.3) is 5.65 Å². The fourth-order valence-electron chi connectivity index (χ4n) is 5.46. The molecule has 3 N–H and O–H groups in total. The summed E-state index contributed by atoms with van der Waals surface area (Å²) >= 11 is 0. The van der Waals surface area contributed by atoms with Gasteiger partial charge in [-0.3, -0.25) is 9.79 Å². The molecule has 0 radical (unpaired) electrons. The molecule has 5 rings (SSSR count). The highest BCUT2D eigenvalue weighted by atomic mass is 16.6. The van der Waals surface area contributed by atoms with Crippen LogP contribution in [0.5, 0.6) is 0 Å². The maximum absolute atomic E-state index is 13.6. The van der Waals surface area contributed by atoms with Crippen LogP contribution in [0, 0.1) is 6.92 Å². The molecule has 13 heteroatoms. The fourth-order valence-corrected chi connectivity index (χ4v) is 5.46. The third-order valence-corrected chi connectivity index (χ3v) is 7.59. The monoisotopic (exact) mass is 591 g/mol. The Hall–Kier alpha value is -4.39. The number of carbonyl (C=O) groups is 2. The van der Waals surface area contributed by atoms with Gasteiger partial charge in [-0.05, 0) is 46.2 Å². The molecule has 0 aliphatic carbocycles. The van der Waals surface area contributed by atoms with Crippen LogP contribution in [-0.4, -0.2) is 103 Å². The summed E-state index contributed by atoms with van der Waals surface area (Å²) in [5.74, 6) is 0.699. The highest BCUT2D eigenvalue weighted by Gasteiger charge is 2.32. The standard InChI is InChI=1S/C30H41N9O4/c1-19-16-39-18-24(34-27(26(39)33-19)37-11-13-42-14-12-37)35-28(40)21-7-8-23(22(15-32-5)25(21)31)38-10-9-20(17-38)36(6)29(41)43-30(2,3)4/h7-8,15-16,18,20H,9-14,17,31H2,1-6H3,(H,35,40)/t20-/m1/s1. The molecule has 0 spiro atoms. The Balaban J connectivity index is 1.38. The number of carbonyl (C=O) groups excluding carboxylic acids is 2. The fraction of sp³-hybridized carbons (Fsp3) is 0.500. The van der Waals surface area contributed by atoms with Gasteiger partial charge in [0.25, 0.3) is 5.91 Å². The summed E-state index contributed by atoms with van der Waals surface area (Å²) in [6, 6.07) is 3.58. The zero-order chi connectivity index (χ0) is 30.9. The van der Waals surface area contributed by atoms with Gasteiger partial charge in [0.1, 0.15) is 5.60 Å². The first-order chi connectivity index (χ1) is 20.4. The Labute approximate surface area is 251 Å². The second-order valence-corrected chi connectivity index (χ2v) is 11.9. The van der Waals surface area contributed by atoms with Crippen molar-refractivity contribution in [3.63, 3.8) is 0 Å². The van der Waals surface area contributed by atoms with Gasteiger partial charge in [-0.1, -0.05) is 0 Å². The number of ether oxygens (including phenoxy) is 2. The van der Waals surface area contributed by atoms with E-state index in [0.29, 0.717) is 67.8 Å². The molecule has 230 valence electrons. The number of nitrogens with zero attached hydrogens (tertiary/aromatic N) is 7. The number of hydrogen-bond donors (Lipinski definition) is 2. The Morgan fingerprint density at radius 3 is 2.60 bits per heavy atom. The number of rotatable bonds is 6. The number of morpholine rings is 1. The minimum absolute atomic E-state index is 0.0288. The van der Waals surface area contributed by atoms with Gasteiger partial charge < -0.3 is 39.6 Å². The van der Waals surface area contributed by atoms with Gasteiger partial charge in [-0.15, -0.1) is 0 Å². The molecule has 3 aromatic rings. The third-order valence-electron chi connectivity index (χ3n) is 7.59. The highest BCUT2D eigenvalue weighted by Crippen LogP contribution is 2.32. The van der Waals surface area contributed by atoms with Crippen LogP contribution in [0.15, 0.2) is 29.5 Å². The van der Waals surface area contributed by atoms with E-state index in [0.717, 1.165) is 23.4 Å². The topological polar surface area (TPSA) is 143 Å². The van der Waals surface area contributed by atoms with Crippen LogP contribution >= 0.6 is 0 Å². The highest BCUT2D eigenvalue weighted by molar-refractivity contribution is 6.11. The van der Waals surface area contributed by atoms with Gasteiger partial charge in [0.05, 0.1) is 42.4 Å². The first-order valence-corrected chi connectivity index (χ1v) is 14.5. The van der Waals surface area contributed by atoms with Crippen molar-refractivity contribution in [1.82, 2.24) is 19.3 Å². The molecule has 2 fully saturated rings. The van der Waals surface area contributed by atoms with Crippen molar-refractivity contribution in [2.45, 2.75) is 45.8 Å². The zero-order valence-corrected chi connectivity index (χ0v) is 25.8. The Bertz CT molecular complexity index is 1540. The summed E-state index contributed by atoms with van der Waals surface area (Å²) in [6.45, 7) is 11.4. The maximum atomic E-state index is 13.6. The summed E-state index contributed by atoms with van der Waals surface area (Å²) in [4.78, 5) is 45.8. The predicted molar refractivity (Wildman–Crippen MR) is 168 cm³/mol. The van der Waals surface area contributed by atoms with E-state index < -0.39 is 5.60 Å². The lowest BCUT2D eigenvalue weighted by atomic mass is 10.0. The SMILES string of the molecule is CN=Cc1c(N2CC[C@@H](N(C)C(=O)OC(C)(C)C)C2)ccc(C(=O)Nc2cn3cc(C)nc3c(N3CCOCC3)n2)c1N. The molecule has 1 aromatic carbocycles. The first-order valence-electron chi connectivity index (χ1n) is 14.5. The largest absolute Gasteiger partial charge is 0.444 e. The van der Waals surface area contributed by atoms with Crippen molar-refractivity contribution in [2.24, 2.45) is 4.99 Å². The van der Waals surface area contributed by atoms with Crippen molar-refractivity contribution in [1.29, 1.82) is 0 Å². The molecule has 2 saturated heterocycles. The van der Waals surface area contributed by atoms with E-state index in [4.69, 9.17) is 20.2 Å². The molecule has 2 aliphatic rings. The molecule has 2 aromatic heterocycles. The number of amides is 2. The van der Waals surface area contributed by atoms with E-state index in [1.54, 1.807) is 37.5 Å². The predicted octanol–water partition coefficient (Wildman–Crippen LogP) is 3.20. The van der Waals surface area contributed by atoms with Crippen LogP contribution in [0.3, 0.4) is 0 Å². The van der Waals surface area contributed by atoms with Gasteiger partial charge in [0, 0.05) is 63.9 Å². The summed E-state index contributed by atoms with van der Waals surface area (Å²) in [6.07, 6.45) is 5.74. The number of anilines is 4. The average Bonchev–Trinajstić information content (AvgIpc) is 3.59. The van der Waals surface area contributed by atoms with E-state index in [9.17, 15) is 9.59 Å². The lowest BCUT2D eigenvalue weighted by Gasteiger charge is -2.29. The van der Waals surface area contributed by atoms with E-state index in [1.165, 1.54) is 0 Å². The van der Waals surface area contributed by atoms with Gasteiger partial charge in [0.15, 0.2) is 17.3 Å². The summed E-state index contributed by atoms with van der Waals surface area (Å²) in [5, 5.41) is 2.94. The summed E-state index contributed by atoms with van der Waals surface area (Å²) in [5.41, 5.74) is 9.77. The number of nitrogen functional groups attached to an aromatic ring is 1. The van der Waals surface area contributed by atoms with Crippen LogP contribution in [0.1, 0.15) is 48.8 Å². The summed E-state index contributed by atoms with van der Waals surface area (Å²) < 4.78 is 12.9. The second kappa shape index (κ2) is 12.1. The molecule has 4 heterocycles. The molecular weight excluding hydrogens is 550 g/mol. The molecule has 2 amide bonds. The number of aryl methyl sites for hydroxylation is 1. The number of benzene rings is 1. The minimum Gasteiger partial charge on any atom is -0.444 e. The number of nitrogens with two attached hydrogens (primary N) is 1. The minimum atomic E-state index is -0.567. The van der Waals surface area contributed by atoms with Gasteiger partial charge in [-0.25, -0.2) is 14.8 Å². The van der Waals surface area contributed by atoms with Crippen LogP contribution in [-0.2, 0) is 9.47 Å². The van der Waals surface area contributed by atoms with Crippen molar-refractivity contribution < 1.29 is 19.1 Å². The van der Waals surface area contributed by atoms with Crippen molar-refractivity contribution >= 4 is 46.9 Å².